The third-order valence-corrected chi connectivity index (χ3v) is 3.95. The highest BCUT2D eigenvalue weighted by Gasteiger charge is 2.27. The van der Waals surface area contributed by atoms with Gasteiger partial charge in [0.2, 0.25) is 0 Å². The Labute approximate surface area is 106 Å². The molecule has 1 aliphatic carbocycles. The number of carbonyl (C=O) groups is 1. The lowest BCUT2D eigenvalue weighted by Gasteiger charge is -2.11. The second kappa shape index (κ2) is 4.21. The molecule has 0 aromatic carbocycles. The number of hydrogen-bond acceptors (Lipinski definition) is 3. The van der Waals surface area contributed by atoms with Crippen LogP contribution in [0.15, 0.2) is 12.3 Å². The molecule has 94 valence electrons. The number of rotatable bonds is 3. The van der Waals surface area contributed by atoms with Crippen LogP contribution < -0.4 is 5.73 Å². The maximum Gasteiger partial charge on any atom is 0.154 e. The first-order valence-electron chi connectivity index (χ1n) is 6.42. The number of aromatic nitrogens is 2. The van der Waals surface area contributed by atoms with E-state index >= 15 is 0 Å². The van der Waals surface area contributed by atoms with Crippen LogP contribution in [0.3, 0.4) is 0 Å². The van der Waals surface area contributed by atoms with E-state index in [2.05, 4.69) is 11.2 Å². The van der Waals surface area contributed by atoms with Gasteiger partial charge in [0, 0.05) is 6.20 Å². The van der Waals surface area contributed by atoms with E-state index in [-0.39, 0.29) is 0 Å². The van der Waals surface area contributed by atoms with E-state index in [1.807, 2.05) is 17.6 Å². The average molecular weight is 243 g/mol. The van der Waals surface area contributed by atoms with Crippen molar-refractivity contribution in [3.8, 4) is 0 Å². The van der Waals surface area contributed by atoms with E-state index in [9.17, 15) is 4.79 Å². The number of nitrogens with two attached hydrogens (primary N) is 1. The fourth-order valence-corrected chi connectivity index (χ4v) is 3.12. The number of nitrogens with zero attached hydrogens (tertiary/aromatic N) is 2. The lowest BCUT2D eigenvalue weighted by atomic mass is 9.96. The second-order valence-electron chi connectivity index (χ2n) is 4.98. The number of fused-ring (bicyclic) bond motifs is 3. The van der Waals surface area contributed by atoms with Crippen molar-refractivity contribution < 1.29 is 4.79 Å². The van der Waals surface area contributed by atoms with Crippen LogP contribution in [0.1, 0.15) is 45.9 Å². The Balaban J connectivity index is 2.30. The van der Waals surface area contributed by atoms with Crippen molar-refractivity contribution >= 4 is 11.8 Å². The van der Waals surface area contributed by atoms with Crippen molar-refractivity contribution in [2.24, 2.45) is 5.73 Å². The molecular weight excluding hydrogens is 226 g/mol. The van der Waals surface area contributed by atoms with Crippen LogP contribution in [0.25, 0.3) is 5.52 Å². The summed E-state index contributed by atoms with van der Waals surface area (Å²) in [6.07, 6.45) is 6.08. The molecule has 2 heterocycles. The molecule has 2 aromatic heterocycles. The first kappa shape index (κ1) is 11.4. The summed E-state index contributed by atoms with van der Waals surface area (Å²) in [4.78, 5) is 11.3. The topological polar surface area (TPSA) is 60.4 Å². The van der Waals surface area contributed by atoms with Crippen molar-refractivity contribution in [2.75, 3.05) is 6.54 Å². The molecule has 0 fully saturated rings. The van der Waals surface area contributed by atoms with Gasteiger partial charge < -0.3 is 5.73 Å². The molecule has 2 N–H and O–H groups in total. The summed E-state index contributed by atoms with van der Waals surface area (Å²) in [5.74, 6) is 0.475. The molecule has 4 nitrogen and oxygen atoms in total. The first-order valence-corrected chi connectivity index (χ1v) is 6.42. The SMILES string of the molecule is Cc1nn2ccc3c(c2c1C=O)C(CCN)CC3. The van der Waals surface area contributed by atoms with Gasteiger partial charge in [-0.15, -0.1) is 0 Å². The van der Waals surface area contributed by atoms with Crippen molar-refractivity contribution in [2.45, 2.75) is 32.1 Å². The average Bonchev–Trinajstić information content (AvgIpc) is 2.89. The van der Waals surface area contributed by atoms with E-state index in [1.54, 1.807) is 0 Å². The number of hydrogen-bond donors (Lipinski definition) is 1. The first-order chi connectivity index (χ1) is 8.76. The van der Waals surface area contributed by atoms with Crippen molar-refractivity contribution in [3.05, 3.63) is 34.6 Å². The minimum atomic E-state index is 0.475. The zero-order valence-corrected chi connectivity index (χ0v) is 10.5. The Bertz CT molecular complexity index is 613. The van der Waals surface area contributed by atoms with Crippen LogP contribution in [0.2, 0.25) is 0 Å². The van der Waals surface area contributed by atoms with Crippen LogP contribution in [0.4, 0.5) is 0 Å². The molecule has 3 rings (SSSR count). The largest absolute Gasteiger partial charge is 0.330 e. The van der Waals surface area contributed by atoms with Crippen LogP contribution in [0.5, 0.6) is 0 Å². The second-order valence-corrected chi connectivity index (χ2v) is 4.98. The standard InChI is InChI=1S/C14H17N3O/c1-9-12(8-18)14-13-10(4-6-15)2-3-11(13)5-7-17(14)16-9/h5,7-8,10H,2-4,6,15H2,1H3. The maximum absolute atomic E-state index is 11.3. The normalized spacial score (nSPS) is 18.2. The molecule has 0 saturated carbocycles. The molecule has 0 spiro atoms. The molecule has 4 heteroatoms. The van der Waals surface area contributed by atoms with E-state index in [0.29, 0.717) is 12.5 Å². The molecule has 0 amide bonds. The van der Waals surface area contributed by atoms with Gasteiger partial charge in [0.15, 0.2) is 6.29 Å². The zero-order valence-electron chi connectivity index (χ0n) is 10.5. The Kier molecular flexibility index (Phi) is 2.67. The van der Waals surface area contributed by atoms with Gasteiger partial charge in [-0.2, -0.15) is 5.10 Å². The van der Waals surface area contributed by atoms with Gasteiger partial charge in [-0.3, -0.25) is 4.79 Å². The summed E-state index contributed by atoms with van der Waals surface area (Å²) in [7, 11) is 0. The third-order valence-electron chi connectivity index (χ3n) is 3.95. The number of pyridine rings is 1. The fraction of sp³-hybridized carbons (Fsp3) is 0.429. The summed E-state index contributed by atoms with van der Waals surface area (Å²) in [5.41, 5.74) is 10.9. The third kappa shape index (κ3) is 1.49. The van der Waals surface area contributed by atoms with Gasteiger partial charge in [0.25, 0.3) is 0 Å². The van der Waals surface area contributed by atoms with E-state index in [0.717, 1.165) is 42.3 Å². The minimum absolute atomic E-state index is 0.475. The zero-order chi connectivity index (χ0) is 12.7. The highest BCUT2D eigenvalue weighted by atomic mass is 16.1. The van der Waals surface area contributed by atoms with Crippen molar-refractivity contribution in [1.82, 2.24) is 9.61 Å². The molecule has 1 aliphatic rings. The number of aldehydes is 1. The molecule has 0 radical (unpaired) electrons. The molecular formula is C14H17N3O. The summed E-state index contributed by atoms with van der Waals surface area (Å²) < 4.78 is 1.84. The number of aryl methyl sites for hydroxylation is 2. The van der Waals surface area contributed by atoms with Gasteiger partial charge in [-0.25, -0.2) is 4.52 Å². The van der Waals surface area contributed by atoms with Gasteiger partial charge in [0.1, 0.15) is 0 Å². The van der Waals surface area contributed by atoms with Crippen LogP contribution in [-0.4, -0.2) is 22.4 Å². The lowest BCUT2D eigenvalue weighted by molar-refractivity contribution is 0.112. The highest BCUT2D eigenvalue weighted by molar-refractivity contribution is 5.90. The monoisotopic (exact) mass is 243 g/mol. The molecule has 1 unspecified atom stereocenters. The molecule has 18 heavy (non-hydrogen) atoms. The summed E-state index contributed by atoms with van der Waals surface area (Å²) in [6, 6.07) is 2.12. The van der Waals surface area contributed by atoms with Gasteiger partial charge in [0.05, 0.1) is 16.8 Å². The maximum atomic E-state index is 11.3. The minimum Gasteiger partial charge on any atom is -0.330 e. The Hall–Kier alpha value is -1.68. The summed E-state index contributed by atoms with van der Waals surface area (Å²) >= 11 is 0. The fourth-order valence-electron chi connectivity index (χ4n) is 3.12. The Morgan fingerprint density at radius 3 is 3.17 bits per heavy atom. The molecule has 2 aromatic rings. The lowest BCUT2D eigenvalue weighted by Crippen LogP contribution is -2.06. The molecule has 0 saturated heterocycles. The molecule has 0 bridgehead atoms. The highest BCUT2D eigenvalue weighted by Crippen LogP contribution is 2.39. The van der Waals surface area contributed by atoms with Gasteiger partial charge in [-0.05, 0) is 55.8 Å². The van der Waals surface area contributed by atoms with Crippen molar-refractivity contribution in [3.63, 3.8) is 0 Å². The predicted molar refractivity (Wildman–Crippen MR) is 70.0 cm³/mol. The van der Waals surface area contributed by atoms with E-state index in [1.165, 1.54) is 11.1 Å². The molecule has 0 aliphatic heterocycles. The predicted octanol–water partition coefficient (Wildman–Crippen LogP) is 1.83. The molecule has 1 atom stereocenters. The Morgan fingerprint density at radius 1 is 1.61 bits per heavy atom. The summed E-state index contributed by atoms with van der Waals surface area (Å²) in [5, 5.41) is 4.41. The van der Waals surface area contributed by atoms with E-state index in [4.69, 9.17) is 5.73 Å². The van der Waals surface area contributed by atoms with E-state index < -0.39 is 0 Å². The van der Waals surface area contributed by atoms with Crippen LogP contribution in [-0.2, 0) is 6.42 Å². The number of carbonyl (C=O) groups excluding carboxylic acids is 1. The van der Waals surface area contributed by atoms with Crippen LogP contribution >= 0.6 is 0 Å². The van der Waals surface area contributed by atoms with Crippen LogP contribution in [0, 0.1) is 6.92 Å². The quantitative estimate of drug-likeness (QED) is 0.837. The van der Waals surface area contributed by atoms with Gasteiger partial charge in [-0.1, -0.05) is 0 Å². The van der Waals surface area contributed by atoms with Crippen molar-refractivity contribution in [1.29, 1.82) is 0 Å². The van der Waals surface area contributed by atoms with Gasteiger partial charge >= 0.3 is 0 Å². The smallest absolute Gasteiger partial charge is 0.154 e. The Morgan fingerprint density at radius 2 is 2.44 bits per heavy atom. The summed E-state index contributed by atoms with van der Waals surface area (Å²) in [6.45, 7) is 2.57.